The van der Waals surface area contributed by atoms with Crippen molar-refractivity contribution in [3.05, 3.63) is 0 Å². The lowest BCUT2D eigenvalue weighted by Crippen LogP contribution is -2.40. The maximum atomic E-state index is 3.58. The minimum absolute atomic E-state index is 0. The van der Waals surface area contributed by atoms with Crippen molar-refractivity contribution in [3.63, 3.8) is 0 Å². The van der Waals surface area contributed by atoms with Crippen LogP contribution in [0.3, 0.4) is 0 Å². The topological polar surface area (TPSA) is 15.3 Å². The van der Waals surface area contributed by atoms with E-state index in [1.165, 1.54) is 19.5 Å². The van der Waals surface area contributed by atoms with Crippen LogP contribution in [-0.4, -0.2) is 36.1 Å². The third-order valence-electron chi connectivity index (χ3n) is 2.66. The van der Waals surface area contributed by atoms with Gasteiger partial charge in [0.25, 0.3) is 0 Å². The van der Waals surface area contributed by atoms with Crippen molar-refractivity contribution in [1.82, 2.24) is 10.2 Å². The first kappa shape index (κ1) is 10.0. The van der Waals surface area contributed by atoms with Gasteiger partial charge in [0.05, 0.1) is 0 Å². The normalized spacial score (nSPS) is 33.8. The van der Waals surface area contributed by atoms with Gasteiger partial charge in [-0.05, 0) is 40.7 Å². The predicted molar refractivity (Wildman–Crippen MR) is 55.5 cm³/mol. The predicted octanol–water partition coefficient (Wildman–Crippen LogP) is 1.71. The molecule has 0 aliphatic carbocycles. The molecule has 1 aliphatic heterocycles. The van der Waals surface area contributed by atoms with E-state index in [4.69, 9.17) is 0 Å². The smallest absolute Gasteiger partial charge is 0.0169 e. The third-order valence-corrected chi connectivity index (χ3v) is 2.66. The van der Waals surface area contributed by atoms with Gasteiger partial charge in [-0.3, -0.25) is 4.90 Å². The highest BCUT2D eigenvalue weighted by Gasteiger charge is 2.19. The molecule has 1 N–H and O–H groups in total. The molecule has 0 aromatic carbocycles. The molecule has 0 saturated carbocycles. The monoisotopic (exact) mass is 173 g/mol. The van der Waals surface area contributed by atoms with Gasteiger partial charge in [0.15, 0.2) is 0 Å². The van der Waals surface area contributed by atoms with Crippen molar-refractivity contribution in [3.8, 4) is 0 Å². The van der Waals surface area contributed by atoms with Crippen molar-refractivity contribution in [2.75, 3.05) is 13.1 Å². The van der Waals surface area contributed by atoms with Crippen molar-refractivity contribution >= 4 is 0 Å². The summed E-state index contributed by atoms with van der Waals surface area (Å²) in [6.45, 7) is 11.6. The molecular formula is C10H24N2. The van der Waals surface area contributed by atoms with Gasteiger partial charge in [0.1, 0.15) is 0 Å². The second-order valence-corrected chi connectivity index (χ2v) is 4.35. The van der Waals surface area contributed by atoms with E-state index in [0.717, 1.165) is 0 Å². The van der Waals surface area contributed by atoms with Crippen molar-refractivity contribution in [2.45, 2.75) is 52.2 Å². The number of nitrogens with one attached hydrogen (secondary N) is 1. The highest BCUT2D eigenvalue weighted by atomic mass is 15.2. The Morgan fingerprint density at radius 1 is 1.33 bits per heavy atom. The van der Waals surface area contributed by atoms with Crippen molar-refractivity contribution < 1.29 is 1.43 Å². The molecule has 0 bridgehead atoms. The summed E-state index contributed by atoms with van der Waals surface area (Å²) in [7, 11) is 0. The minimum Gasteiger partial charge on any atom is -0.310 e. The van der Waals surface area contributed by atoms with Gasteiger partial charge in [0.2, 0.25) is 0 Å². The van der Waals surface area contributed by atoms with Crippen LogP contribution >= 0.6 is 0 Å². The van der Waals surface area contributed by atoms with Crippen LogP contribution in [-0.2, 0) is 0 Å². The van der Waals surface area contributed by atoms with Crippen LogP contribution in [0.15, 0.2) is 0 Å². The van der Waals surface area contributed by atoms with Crippen LogP contribution in [0.2, 0.25) is 0 Å². The van der Waals surface area contributed by atoms with Crippen LogP contribution in [0.5, 0.6) is 0 Å². The summed E-state index contributed by atoms with van der Waals surface area (Å²) in [6.07, 6.45) is 1.28. The lowest BCUT2D eigenvalue weighted by atomic mass is 10.2. The van der Waals surface area contributed by atoms with E-state index in [9.17, 15) is 0 Å². The summed E-state index contributed by atoms with van der Waals surface area (Å²) in [5, 5.41) is 3.58. The fourth-order valence-corrected chi connectivity index (χ4v) is 1.89. The third kappa shape index (κ3) is 2.76. The first-order chi connectivity index (χ1) is 5.59. The van der Waals surface area contributed by atoms with Crippen LogP contribution in [0.1, 0.15) is 35.5 Å². The Kier molecular flexibility index (Phi) is 3.53. The molecule has 0 amide bonds. The Hall–Kier alpha value is -0.0800. The zero-order valence-corrected chi connectivity index (χ0v) is 8.80. The second-order valence-electron chi connectivity index (χ2n) is 4.35. The van der Waals surface area contributed by atoms with E-state index in [2.05, 4.69) is 37.9 Å². The fourth-order valence-electron chi connectivity index (χ4n) is 1.89. The van der Waals surface area contributed by atoms with Gasteiger partial charge < -0.3 is 5.32 Å². The van der Waals surface area contributed by atoms with Crippen molar-refractivity contribution in [1.29, 1.82) is 0 Å². The minimum atomic E-state index is 0. The summed E-state index contributed by atoms with van der Waals surface area (Å²) >= 11 is 0. The van der Waals surface area contributed by atoms with E-state index in [1.807, 2.05) is 0 Å². The summed E-state index contributed by atoms with van der Waals surface area (Å²) in [4.78, 5) is 2.56. The van der Waals surface area contributed by atoms with E-state index < -0.39 is 0 Å². The maximum Gasteiger partial charge on any atom is 0.0169 e. The Bertz CT molecular complexity index is 139. The van der Waals surface area contributed by atoms with Gasteiger partial charge in [-0.25, -0.2) is 0 Å². The average Bonchev–Trinajstić information content (AvgIpc) is 2.11. The number of hydrogen-bond donors (Lipinski definition) is 1. The second kappa shape index (κ2) is 4.24. The SMILES string of the molecule is CC1CCN(C(C)C)C[C@@H](C)N1.[2HH]. The molecule has 0 aromatic rings. The zero-order chi connectivity index (χ0) is 9.14. The molecule has 2 atom stereocenters. The summed E-state index contributed by atoms with van der Waals surface area (Å²) < 4.78 is 0. The summed E-state index contributed by atoms with van der Waals surface area (Å²) in [6, 6.07) is 2.02. The van der Waals surface area contributed by atoms with Crippen LogP contribution in [0.4, 0.5) is 0 Å². The fraction of sp³-hybridized carbons (Fsp3) is 1.00. The Labute approximate surface area is 77.8 Å². The number of nitrogens with zero attached hydrogens (tertiary/aromatic N) is 1. The molecule has 1 heterocycles. The van der Waals surface area contributed by atoms with E-state index in [0.29, 0.717) is 18.1 Å². The van der Waals surface area contributed by atoms with Crippen LogP contribution in [0.25, 0.3) is 0 Å². The Morgan fingerprint density at radius 3 is 2.58 bits per heavy atom. The van der Waals surface area contributed by atoms with E-state index in [1.54, 1.807) is 0 Å². The van der Waals surface area contributed by atoms with Gasteiger partial charge in [-0.2, -0.15) is 0 Å². The molecule has 1 aliphatic rings. The molecule has 0 radical (unpaired) electrons. The first-order valence-corrected chi connectivity index (χ1v) is 5.09. The number of hydrogen-bond acceptors (Lipinski definition) is 2. The summed E-state index contributed by atoms with van der Waals surface area (Å²) in [5.74, 6) is 0. The molecule has 2 heteroatoms. The lowest BCUT2D eigenvalue weighted by Gasteiger charge is -2.26. The lowest BCUT2D eigenvalue weighted by molar-refractivity contribution is 0.221. The van der Waals surface area contributed by atoms with Gasteiger partial charge in [0, 0.05) is 26.1 Å². The first-order valence-electron chi connectivity index (χ1n) is 5.09. The quantitative estimate of drug-likeness (QED) is 0.649. The van der Waals surface area contributed by atoms with Gasteiger partial charge >= 0.3 is 0 Å². The van der Waals surface area contributed by atoms with Gasteiger partial charge in [-0.1, -0.05) is 0 Å². The molecule has 0 spiro atoms. The van der Waals surface area contributed by atoms with E-state index in [-0.39, 0.29) is 1.43 Å². The Balaban J connectivity index is 0.00000144. The molecule has 1 saturated heterocycles. The zero-order valence-electron chi connectivity index (χ0n) is 8.80. The number of rotatable bonds is 1. The average molecular weight is 173 g/mol. The molecule has 1 rings (SSSR count). The highest BCUT2D eigenvalue weighted by molar-refractivity contribution is 4.79. The molecule has 74 valence electrons. The largest absolute Gasteiger partial charge is 0.310 e. The summed E-state index contributed by atoms with van der Waals surface area (Å²) in [5.41, 5.74) is 0. The maximum absolute atomic E-state index is 3.58. The van der Waals surface area contributed by atoms with Gasteiger partial charge in [-0.15, -0.1) is 0 Å². The molecular weight excluding hydrogens is 148 g/mol. The molecule has 2 nitrogen and oxygen atoms in total. The molecule has 12 heavy (non-hydrogen) atoms. The Morgan fingerprint density at radius 2 is 2.00 bits per heavy atom. The van der Waals surface area contributed by atoms with E-state index >= 15 is 0 Å². The molecule has 1 unspecified atom stereocenters. The van der Waals surface area contributed by atoms with Crippen molar-refractivity contribution in [2.24, 2.45) is 0 Å². The standard InChI is InChI=1S/C10H22N2.H2/c1-8(2)12-6-5-9(3)11-10(4)7-12;/h8-11H,5-7H2,1-4H3;1H/t9?,10-;/m1./s1/i;1+1. The molecule has 1 fully saturated rings. The van der Waals surface area contributed by atoms with Crippen LogP contribution < -0.4 is 5.32 Å². The van der Waals surface area contributed by atoms with Crippen LogP contribution in [0, 0.1) is 0 Å². The highest BCUT2D eigenvalue weighted by Crippen LogP contribution is 2.08. The molecule has 0 aromatic heterocycles.